The molecular formula is C16H15BrFN. The van der Waals surface area contributed by atoms with Gasteiger partial charge in [-0.05, 0) is 35.4 Å². The zero-order valence-corrected chi connectivity index (χ0v) is 12.0. The van der Waals surface area contributed by atoms with Crippen molar-refractivity contribution in [2.24, 2.45) is 0 Å². The lowest BCUT2D eigenvalue weighted by Gasteiger charge is -2.19. The van der Waals surface area contributed by atoms with E-state index in [1.165, 1.54) is 11.1 Å². The lowest BCUT2D eigenvalue weighted by Crippen LogP contribution is -2.09. The molecule has 1 aliphatic heterocycles. The first-order valence-electron chi connectivity index (χ1n) is 6.45. The highest BCUT2D eigenvalue weighted by Crippen LogP contribution is 2.36. The molecule has 0 bridgehead atoms. The SMILES string of the molecule is Fc1ccc(C2CNCC2c2ccc(Br)cc2)cc1. The molecule has 0 radical (unpaired) electrons. The largest absolute Gasteiger partial charge is 0.315 e. The van der Waals surface area contributed by atoms with Crippen molar-refractivity contribution in [3.63, 3.8) is 0 Å². The Bertz CT molecular complexity index is 498. The minimum absolute atomic E-state index is 0.171. The van der Waals surface area contributed by atoms with Crippen LogP contribution in [0.4, 0.5) is 4.39 Å². The van der Waals surface area contributed by atoms with Gasteiger partial charge in [0.1, 0.15) is 5.82 Å². The summed E-state index contributed by atoms with van der Waals surface area (Å²) in [5.74, 6) is 0.704. The molecule has 3 rings (SSSR count). The van der Waals surface area contributed by atoms with Crippen molar-refractivity contribution < 1.29 is 4.39 Å². The highest BCUT2D eigenvalue weighted by atomic mass is 79.9. The van der Waals surface area contributed by atoms with Crippen LogP contribution < -0.4 is 5.32 Å². The molecule has 2 unspecified atom stereocenters. The Morgan fingerprint density at radius 2 is 1.32 bits per heavy atom. The molecule has 2 atom stereocenters. The van der Waals surface area contributed by atoms with E-state index in [1.54, 1.807) is 12.1 Å². The number of rotatable bonds is 2. The molecule has 0 aliphatic carbocycles. The zero-order valence-electron chi connectivity index (χ0n) is 10.4. The van der Waals surface area contributed by atoms with Crippen LogP contribution in [-0.2, 0) is 0 Å². The first kappa shape index (κ1) is 12.8. The van der Waals surface area contributed by atoms with Crippen LogP contribution in [0.5, 0.6) is 0 Å². The Labute approximate surface area is 121 Å². The standard InChI is InChI=1S/C16H15BrFN/c17-13-5-1-11(2-6-13)15-9-19-10-16(15)12-3-7-14(18)8-4-12/h1-8,15-16,19H,9-10H2. The lowest BCUT2D eigenvalue weighted by atomic mass is 9.84. The fraction of sp³-hybridized carbons (Fsp3) is 0.250. The molecule has 2 aromatic rings. The summed E-state index contributed by atoms with van der Waals surface area (Å²) in [7, 11) is 0. The lowest BCUT2D eigenvalue weighted by molar-refractivity contribution is 0.621. The van der Waals surface area contributed by atoms with Crippen molar-refractivity contribution in [2.75, 3.05) is 13.1 Å². The Kier molecular flexibility index (Phi) is 3.67. The predicted molar refractivity (Wildman–Crippen MR) is 78.9 cm³/mol. The summed E-state index contributed by atoms with van der Waals surface area (Å²) < 4.78 is 14.1. The first-order chi connectivity index (χ1) is 9.24. The molecule has 1 fully saturated rings. The average Bonchev–Trinajstić information content (AvgIpc) is 2.90. The highest BCUT2D eigenvalue weighted by molar-refractivity contribution is 9.10. The number of halogens is 2. The maximum atomic E-state index is 13.0. The van der Waals surface area contributed by atoms with Gasteiger partial charge in [0.25, 0.3) is 0 Å². The average molecular weight is 320 g/mol. The van der Waals surface area contributed by atoms with Gasteiger partial charge in [-0.15, -0.1) is 0 Å². The van der Waals surface area contributed by atoms with Crippen LogP contribution in [-0.4, -0.2) is 13.1 Å². The molecule has 0 amide bonds. The summed E-state index contributed by atoms with van der Waals surface area (Å²) in [5.41, 5.74) is 2.54. The molecular weight excluding hydrogens is 305 g/mol. The Morgan fingerprint density at radius 3 is 1.84 bits per heavy atom. The summed E-state index contributed by atoms with van der Waals surface area (Å²) in [6.07, 6.45) is 0. The second-order valence-electron chi connectivity index (χ2n) is 4.97. The van der Waals surface area contributed by atoms with Crippen LogP contribution in [0.2, 0.25) is 0 Å². The minimum atomic E-state index is -0.171. The fourth-order valence-electron chi connectivity index (χ4n) is 2.80. The summed E-state index contributed by atoms with van der Waals surface area (Å²) in [5, 5.41) is 3.44. The molecule has 0 spiro atoms. The summed E-state index contributed by atoms with van der Waals surface area (Å²) in [6, 6.07) is 15.4. The van der Waals surface area contributed by atoms with Gasteiger partial charge >= 0.3 is 0 Å². The van der Waals surface area contributed by atoms with E-state index in [0.29, 0.717) is 11.8 Å². The molecule has 0 saturated carbocycles. The van der Waals surface area contributed by atoms with Crippen molar-refractivity contribution in [2.45, 2.75) is 11.8 Å². The van der Waals surface area contributed by atoms with Gasteiger partial charge in [-0.1, -0.05) is 40.2 Å². The van der Waals surface area contributed by atoms with Gasteiger partial charge in [0.15, 0.2) is 0 Å². The molecule has 1 saturated heterocycles. The van der Waals surface area contributed by atoms with Crippen molar-refractivity contribution in [1.29, 1.82) is 0 Å². The second kappa shape index (κ2) is 5.43. The van der Waals surface area contributed by atoms with E-state index >= 15 is 0 Å². The number of benzene rings is 2. The summed E-state index contributed by atoms with van der Waals surface area (Å²) in [4.78, 5) is 0. The smallest absolute Gasteiger partial charge is 0.123 e. The van der Waals surface area contributed by atoms with Gasteiger partial charge in [-0.25, -0.2) is 4.39 Å². The maximum Gasteiger partial charge on any atom is 0.123 e. The minimum Gasteiger partial charge on any atom is -0.315 e. The van der Waals surface area contributed by atoms with E-state index in [9.17, 15) is 4.39 Å². The molecule has 0 aromatic heterocycles. The normalized spacial score (nSPS) is 22.6. The summed E-state index contributed by atoms with van der Waals surface area (Å²) in [6.45, 7) is 1.93. The Morgan fingerprint density at radius 1 is 0.842 bits per heavy atom. The molecule has 1 aliphatic rings. The van der Waals surface area contributed by atoms with Crippen LogP contribution in [0.25, 0.3) is 0 Å². The van der Waals surface area contributed by atoms with Crippen LogP contribution in [0, 0.1) is 5.82 Å². The molecule has 3 heteroatoms. The third kappa shape index (κ3) is 2.72. The van der Waals surface area contributed by atoms with Gasteiger partial charge in [-0.3, -0.25) is 0 Å². The molecule has 1 heterocycles. The van der Waals surface area contributed by atoms with Gasteiger partial charge in [0, 0.05) is 29.4 Å². The maximum absolute atomic E-state index is 13.0. The second-order valence-corrected chi connectivity index (χ2v) is 5.89. The van der Waals surface area contributed by atoms with E-state index in [0.717, 1.165) is 17.6 Å². The summed E-state index contributed by atoms with van der Waals surface area (Å²) >= 11 is 3.46. The Hall–Kier alpha value is -1.19. The number of hydrogen-bond acceptors (Lipinski definition) is 1. The van der Waals surface area contributed by atoms with E-state index in [4.69, 9.17) is 0 Å². The topological polar surface area (TPSA) is 12.0 Å². The highest BCUT2D eigenvalue weighted by Gasteiger charge is 2.29. The van der Waals surface area contributed by atoms with Crippen molar-refractivity contribution >= 4 is 15.9 Å². The van der Waals surface area contributed by atoms with Gasteiger partial charge < -0.3 is 5.32 Å². The van der Waals surface area contributed by atoms with E-state index in [2.05, 4.69) is 45.5 Å². The molecule has 2 aromatic carbocycles. The van der Waals surface area contributed by atoms with Crippen LogP contribution >= 0.6 is 15.9 Å². The van der Waals surface area contributed by atoms with Crippen LogP contribution in [0.15, 0.2) is 53.0 Å². The van der Waals surface area contributed by atoms with Crippen molar-refractivity contribution in [1.82, 2.24) is 5.32 Å². The van der Waals surface area contributed by atoms with Crippen molar-refractivity contribution in [3.05, 3.63) is 69.9 Å². The third-order valence-corrected chi connectivity index (χ3v) is 4.34. The molecule has 98 valence electrons. The van der Waals surface area contributed by atoms with E-state index in [1.807, 2.05) is 12.1 Å². The third-order valence-electron chi connectivity index (χ3n) is 3.81. The van der Waals surface area contributed by atoms with Gasteiger partial charge in [-0.2, -0.15) is 0 Å². The fourth-order valence-corrected chi connectivity index (χ4v) is 3.06. The van der Waals surface area contributed by atoms with Crippen LogP contribution in [0.3, 0.4) is 0 Å². The van der Waals surface area contributed by atoms with Crippen LogP contribution in [0.1, 0.15) is 23.0 Å². The number of hydrogen-bond donors (Lipinski definition) is 1. The van der Waals surface area contributed by atoms with Gasteiger partial charge in [0.2, 0.25) is 0 Å². The predicted octanol–water partition coefficient (Wildman–Crippen LogP) is 4.06. The molecule has 1 nitrogen and oxygen atoms in total. The quantitative estimate of drug-likeness (QED) is 0.880. The van der Waals surface area contributed by atoms with Crippen molar-refractivity contribution in [3.8, 4) is 0 Å². The molecule has 1 N–H and O–H groups in total. The number of nitrogens with one attached hydrogen (secondary N) is 1. The van der Waals surface area contributed by atoms with Gasteiger partial charge in [0.05, 0.1) is 0 Å². The van der Waals surface area contributed by atoms with E-state index < -0.39 is 0 Å². The Balaban J connectivity index is 1.89. The first-order valence-corrected chi connectivity index (χ1v) is 7.25. The molecule has 19 heavy (non-hydrogen) atoms. The van der Waals surface area contributed by atoms with E-state index in [-0.39, 0.29) is 5.82 Å². The monoisotopic (exact) mass is 319 g/mol. The zero-order chi connectivity index (χ0) is 13.2.